The van der Waals surface area contributed by atoms with Crippen molar-refractivity contribution in [3.63, 3.8) is 0 Å². The minimum absolute atomic E-state index is 0.0455. The van der Waals surface area contributed by atoms with Crippen molar-refractivity contribution in [2.24, 2.45) is 0 Å². The molecular formula is C26H25ClN2O6S. The van der Waals surface area contributed by atoms with Gasteiger partial charge in [-0.15, -0.1) is 0 Å². The molecule has 0 spiro atoms. The zero-order valence-corrected chi connectivity index (χ0v) is 21.1. The normalized spacial score (nSPS) is 14.9. The molecule has 0 saturated heterocycles. The molecule has 1 atom stereocenters. The maximum absolute atomic E-state index is 13.4. The highest BCUT2D eigenvalue weighted by molar-refractivity contribution is 7.92. The first kappa shape index (κ1) is 25.5. The molecule has 0 aliphatic carbocycles. The summed E-state index contributed by atoms with van der Waals surface area (Å²) in [6.45, 7) is 2.13. The summed E-state index contributed by atoms with van der Waals surface area (Å²) in [5.74, 6) is -0.692. The number of esters is 1. The lowest BCUT2D eigenvalue weighted by Gasteiger charge is -2.34. The molecule has 0 aromatic heterocycles. The molecule has 0 fully saturated rings. The second-order valence-corrected chi connectivity index (χ2v) is 10.4. The third-order valence-corrected chi connectivity index (χ3v) is 7.59. The van der Waals surface area contributed by atoms with Crippen LogP contribution in [-0.4, -0.2) is 39.5 Å². The number of amides is 1. The van der Waals surface area contributed by atoms with Crippen molar-refractivity contribution in [3.05, 3.63) is 83.4 Å². The van der Waals surface area contributed by atoms with Gasteiger partial charge in [0.2, 0.25) is 0 Å². The molecule has 188 valence electrons. The summed E-state index contributed by atoms with van der Waals surface area (Å²) in [5.41, 5.74) is 1.13. The number of ether oxygens (including phenoxy) is 2. The van der Waals surface area contributed by atoms with Crippen LogP contribution in [0.4, 0.5) is 11.4 Å². The highest BCUT2D eigenvalue weighted by Crippen LogP contribution is 2.37. The highest BCUT2D eigenvalue weighted by atomic mass is 35.5. The average Bonchev–Trinajstić information content (AvgIpc) is 2.88. The van der Waals surface area contributed by atoms with Gasteiger partial charge in [-0.3, -0.25) is 9.10 Å². The van der Waals surface area contributed by atoms with E-state index in [1.807, 2.05) is 6.92 Å². The Morgan fingerprint density at radius 2 is 1.75 bits per heavy atom. The SMILES string of the molecule is CCCCOC(=O)c1ccc(NC(=O)C2CN(S(=O)(=O)c3ccc(Cl)cc3)c3ccccc3O2)cc1. The molecular weight excluding hydrogens is 504 g/mol. The lowest BCUT2D eigenvalue weighted by Crippen LogP contribution is -2.48. The second kappa shape index (κ2) is 11.0. The van der Waals surface area contributed by atoms with Crippen LogP contribution < -0.4 is 14.4 Å². The minimum Gasteiger partial charge on any atom is -0.476 e. The van der Waals surface area contributed by atoms with Crippen LogP contribution in [0.3, 0.4) is 0 Å². The van der Waals surface area contributed by atoms with Crippen molar-refractivity contribution in [2.75, 3.05) is 22.8 Å². The predicted molar refractivity (Wildman–Crippen MR) is 137 cm³/mol. The lowest BCUT2D eigenvalue weighted by atomic mass is 10.2. The molecule has 0 radical (unpaired) electrons. The summed E-state index contributed by atoms with van der Waals surface area (Å²) in [5, 5.41) is 3.14. The summed E-state index contributed by atoms with van der Waals surface area (Å²) < 4.78 is 39.1. The van der Waals surface area contributed by atoms with Gasteiger partial charge in [0.05, 0.1) is 29.3 Å². The molecule has 3 aromatic rings. The van der Waals surface area contributed by atoms with E-state index in [1.54, 1.807) is 48.5 Å². The number of hydrogen-bond donors (Lipinski definition) is 1. The number of anilines is 2. The summed E-state index contributed by atoms with van der Waals surface area (Å²) >= 11 is 5.92. The molecule has 4 rings (SSSR count). The fraction of sp³-hybridized carbons (Fsp3) is 0.231. The van der Waals surface area contributed by atoms with Crippen LogP contribution in [0.5, 0.6) is 5.75 Å². The van der Waals surface area contributed by atoms with Crippen molar-refractivity contribution in [1.29, 1.82) is 0 Å². The largest absolute Gasteiger partial charge is 0.476 e. The van der Waals surface area contributed by atoms with E-state index in [4.69, 9.17) is 21.1 Å². The summed E-state index contributed by atoms with van der Waals surface area (Å²) in [6, 6.07) is 18.7. The van der Waals surface area contributed by atoms with Gasteiger partial charge in [-0.25, -0.2) is 13.2 Å². The molecule has 3 aromatic carbocycles. The summed E-state index contributed by atoms with van der Waals surface area (Å²) in [7, 11) is -3.99. The number of nitrogens with one attached hydrogen (secondary N) is 1. The number of unbranched alkanes of at least 4 members (excludes halogenated alkanes) is 1. The van der Waals surface area contributed by atoms with Gasteiger partial charge in [-0.2, -0.15) is 0 Å². The van der Waals surface area contributed by atoms with Crippen LogP contribution in [0.1, 0.15) is 30.1 Å². The molecule has 1 amide bonds. The van der Waals surface area contributed by atoms with Gasteiger partial charge in [0.1, 0.15) is 5.75 Å². The first-order chi connectivity index (χ1) is 17.3. The Balaban J connectivity index is 1.51. The smallest absolute Gasteiger partial charge is 0.338 e. The van der Waals surface area contributed by atoms with Crippen LogP contribution in [0.2, 0.25) is 5.02 Å². The first-order valence-electron chi connectivity index (χ1n) is 11.4. The number of benzene rings is 3. The van der Waals surface area contributed by atoms with Crippen molar-refractivity contribution < 1.29 is 27.5 Å². The number of sulfonamides is 1. The average molecular weight is 529 g/mol. The monoisotopic (exact) mass is 528 g/mol. The zero-order chi connectivity index (χ0) is 25.7. The van der Waals surface area contributed by atoms with Crippen molar-refractivity contribution >= 4 is 44.9 Å². The molecule has 1 N–H and O–H groups in total. The van der Waals surface area contributed by atoms with Crippen LogP contribution in [0.15, 0.2) is 77.7 Å². The van der Waals surface area contributed by atoms with E-state index in [2.05, 4.69) is 5.32 Å². The molecule has 1 unspecified atom stereocenters. The third kappa shape index (κ3) is 5.63. The van der Waals surface area contributed by atoms with E-state index in [1.165, 1.54) is 24.3 Å². The number of hydrogen-bond acceptors (Lipinski definition) is 6. The van der Waals surface area contributed by atoms with Crippen molar-refractivity contribution in [2.45, 2.75) is 30.8 Å². The molecule has 1 aliphatic rings. The quantitative estimate of drug-likeness (QED) is 0.330. The molecule has 36 heavy (non-hydrogen) atoms. The highest BCUT2D eigenvalue weighted by Gasteiger charge is 2.37. The maximum Gasteiger partial charge on any atom is 0.338 e. The minimum atomic E-state index is -3.99. The summed E-state index contributed by atoms with van der Waals surface area (Å²) in [6.07, 6.45) is 0.597. The van der Waals surface area contributed by atoms with Crippen LogP contribution >= 0.6 is 11.6 Å². The van der Waals surface area contributed by atoms with E-state index in [0.717, 1.165) is 17.1 Å². The van der Waals surface area contributed by atoms with Gasteiger partial charge in [-0.1, -0.05) is 37.1 Å². The molecule has 8 nitrogen and oxygen atoms in total. The Morgan fingerprint density at radius 1 is 1.06 bits per heavy atom. The number of rotatable bonds is 8. The molecule has 10 heteroatoms. The predicted octanol–water partition coefficient (Wildman–Crippen LogP) is 4.89. The maximum atomic E-state index is 13.4. The molecule has 1 heterocycles. The second-order valence-electron chi connectivity index (χ2n) is 8.12. The Hall–Kier alpha value is -3.56. The Morgan fingerprint density at radius 3 is 2.44 bits per heavy atom. The fourth-order valence-electron chi connectivity index (χ4n) is 3.61. The van der Waals surface area contributed by atoms with E-state index < -0.39 is 28.0 Å². The third-order valence-electron chi connectivity index (χ3n) is 5.55. The van der Waals surface area contributed by atoms with Crippen LogP contribution in [-0.2, 0) is 19.6 Å². The Bertz CT molecular complexity index is 1340. The van der Waals surface area contributed by atoms with Gasteiger partial charge in [-0.05, 0) is 67.1 Å². The molecule has 1 aliphatic heterocycles. The van der Waals surface area contributed by atoms with Crippen LogP contribution in [0, 0.1) is 0 Å². The zero-order valence-electron chi connectivity index (χ0n) is 19.5. The van der Waals surface area contributed by atoms with Crippen molar-refractivity contribution in [3.8, 4) is 5.75 Å². The number of carbonyl (C=O) groups excluding carboxylic acids is 2. The van der Waals surface area contributed by atoms with Crippen LogP contribution in [0.25, 0.3) is 0 Å². The van der Waals surface area contributed by atoms with Gasteiger partial charge in [0, 0.05) is 10.7 Å². The Kier molecular flexibility index (Phi) is 7.81. The van der Waals surface area contributed by atoms with Gasteiger partial charge in [0.25, 0.3) is 15.9 Å². The fourth-order valence-corrected chi connectivity index (χ4v) is 5.21. The topological polar surface area (TPSA) is 102 Å². The number of halogens is 1. The Labute approximate surface area is 214 Å². The van der Waals surface area contributed by atoms with E-state index in [9.17, 15) is 18.0 Å². The molecule has 0 saturated carbocycles. The number of para-hydroxylation sites is 2. The van der Waals surface area contributed by atoms with Crippen molar-refractivity contribution in [1.82, 2.24) is 0 Å². The van der Waals surface area contributed by atoms with Gasteiger partial charge in [0.15, 0.2) is 6.10 Å². The lowest BCUT2D eigenvalue weighted by molar-refractivity contribution is -0.122. The number of nitrogens with zero attached hydrogens (tertiary/aromatic N) is 1. The first-order valence-corrected chi connectivity index (χ1v) is 13.2. The number of carbonyl (C=O) groups is 2. The van der Waals surface area contributed by atoms with E-state index >= 15 is 0 Å². The van der Waals surface area contributed by atoms with Gasteiger partial charge >= 0.3 is 5.97 Å². The summed E-state index contributed by atoms with van der Waals surface area (Å²) in [4.78, 5) is 25.2. The van der Waals surface area contributed by atoms with E-state index in [0.29, 0.717) is 28.6 Å². The van der Waals surface area contributed by atoms with E-state index in [-0.39, 0.29) is 17.2 Å². The molecule has 0 bridgehead atoms. The van der Waals surface area contributed by atoms with Gasteiger partial charge < -0.3 is 14.8 Å². The number of fused-ring (bicyclic) bond motifs is 1. The standard InChI is InChI=1S/C26H25ClN2O6S/c1-2-3-16-34-26(31)18-8-12-20(13-9-18)28-25(30)24-17-29(22-6-4-5-7-23(22)35-24)36(32,33)21-14-10-19(27)11-15-21/h4-15,24H,2-3,16-17H2,1H3,(H,28,30).